The summed E-state index contributed by atoms with van der Waals surface area (Å²) in [5.41, 5.74) is 1.03. The Morgan fingerprint density at radius 3 is 2.21 bits per heavy atom. The Morgan fingerprint density at radius 1 is 0.897 bits per heavy atom. The van der Waals surface area contributed by atoms with Crippen molar-refractivity contribution in [1.29, 1.82) is 0 Å². The van der Waals surface area contributed by atoms with Crippen LogP contribution in [-0.4, -0.2) is 5.71 Å². The van der Waals surface area contributed by atoms with Gasteiger partial charge in [-0.05, 0) is 60.9 Å². The average Bonchev–Trinajstić information content (AvgIpc) is 2.69. The zero-order chi connectivity index (χ0) is 20.9. The molecule has 0 aliphatic heterocycles. The molecule has 6 heteroatoms. The number of aryl methyl sites for hydroxylation is 1. The van der Waals surface area contributed by atoms with Crippen molar-refractivity contribution in [2.75, 3.05) is 0 Å². The monoisotopic (exact) mass is 415 g/mol. The van der Waals surface area contributed by atoms with Crippen molar-refractivity contribution in [3.8, 4) is 0 Å². The van der Waals surface area contributed by atoms with Crippen LogP contribution in [0, 0.1) is 12.7 Å². The molecule has 0 bridgehead atoms. The number of benzene rings is 3. The smallest absolute Gasteiger partial charge is 0.248 e. The van der Waals surface area contributed by atoms with E-state index in [1.54, 1.807) is 41.8 Å². The minimum absolute atomic E-state index is 0.00321. The molecule has 0 heterocycles. The number of thioether (sulfide) groups is 1. The van der Waals surface area contributed by atoms with Crippen molar-refractivity contribution in [3.05, 3.63) is 107 Å². The van der Waals surface area contributed by atoms with Crippen LogP contribution in [0.2, 0.25) is 0 Å². The molecule has 0 N–H and O–H groups in total. The molecule has 1 nitrogen and oxygen atoms in total. The lowest BCUT2D eigenvalue weighted by molar-refractivity contribution is -0.137. The van der Waals surface area contributed by atoms with Crippen LogP contribution in [0.25, 0.3) is 0 Å². The fourth-order valence-corrected chi connectivity index (χ4v) is 3.24. The Morgan fingerprint density at radius 2 is 1.55 bits per heavy atom. The third-order valence-corrected chi connectivity index (χ3v) is 4.85. The normalized spacial score (nSPS) is 12.5. The van der Waals surface area contributed by atoms with E-state index in [9.17, 15) is 17.6 Å². The zero-order valence-electron chi connectivity index (χ0n) is 15.5. The number of aliphatic imine (C=N–C) groups is 1. The van der Waals surface area contributed by atoms with Crippen molar-refractivity contribution in [1.82, 2.24) is 0 Å². The first kappa shape index (κ1) is 20.9. The van der Waals surface area contributed by atoms with Gasteiger partial charge in [-0.25, -0.2) is 9.38 Å². The van der Waals surface area contributed by atoms with Crippen molar-refractivity contribution < 1.29 is 17.6 Å². The second-order valence-corrected chi connectivity index (χ2v) is 7.23. The highest BCUT2D eigenvalue weighted by Crippen LogP contribution is 2.33. The van der Waals surface area contributed by atoms with Gasteiger partial charge in [0, 0.05) is 10.5 Å². The van der Waals surface area contributed by atoms with Gasteiger partial charge in [-0.2, -0.15) is 13.2 Å². The molecule has 0 fully saturated rings. The van der Waals surface area contributed by atoms with Gasteiger partial charge >= 0.3 is 6.18 Å². The summed E-state index contributed by atoms with van der Waals surface area (Å²) < 4.78 is 53.5. The molecule has 0 atom stereocenters. The van der Waals surface area contributed by atoms with E-state index in [2.05, 4.69) is 4.99 Å². The molecule has 0 spiro atoms. The first-order valence-electron chi connectivity index (χ1n) is 8.74. The standard InChI is InChI=1S/C23H17F4NS/c1-16-6-10-18(11-7-16)28-22(14-15-29-19-12-8-17(24)9-13-19)20-4-2-3-5-21(20)23(25,26)27/h2-15H,1H3/b15-14+,28-22?. The molecule has 3 aromatic rings. The molecule has 0 radical (unpaired) electrons. The van der Waals surface area contributed by atoms with E-state index < -0.39 is 11.7 Å². The van der Waals surface area contributed by atoms with Gasteiger partial charge in [0.1, 0.15) is 5.82 Å². The summed E-state index contributed by atoms with van der Waals surface area (Å²) in [7, 11) is 0. The van der Waals surface area contributed by atoms with E-state index in [0.29, 0.717) is 5.69 Å². The van der Waals surface area contributed by atoms with Crippen molar-refractivity contribution in [2.45, 2.75) is 18.0 Å². The summed E-state index contributed by atoms with van der Waals surface area (Å²) in [5, 5.41) is 1.65. The second kappa shape index (κ2) is 9.09. The quantitative estimate of drug-likeness (QED) is 0.238. The van der Waals surface area contributed by atoms with Crippen LogP contribution >= 0.6 is 11.8 Å². The van der Waals surface area contributed by atoms with E-state index in [0.717, 1.165) is 16.5 Å². The van der Waals surface area contributed by atoms with Crippen molar-refractivity contribution in [3.63, 3.8) is 0 Å². The van der Waals surface area contributed by atoms with Crippen LogP contribution in [0.15, 0.2) is 94.2 Å². The molecule has 0 aromatic heterocycles. The summed E-state index contributed by atoms with van der Waals surface area (Å²) in [6.07, 6.45) is -2.96. The number of hydrogen-bond donors (Lipinski definition) is 0. The maximum atomic E-state index is 13.5. The summed E-state index contributed by atoms with van der Waals surface area (Å²) >= 11 is 1.27. The lowest BCUT2D eigenvalue weighted by Gasteiger charge is -2.13. The minimum atomic E-state index is -4.50. The van der Waals surface area contributed by atoms with Crippen LogP contribution in [0.1, 0.15) is 16.7 Å². The predicted molar refractivity (Wildman–Crippen MR) is 110 cm³/mol. The van der Waals surface area contributed by atoms with Crippen LogP contribution in [0.5, 0.6) is 0 Å². The summed E-state index contributed by atoms with van der Waals surface area (Å²) in [4.78, 5) is 5.21. The molecule has 0 saturated carbocycles. The van der Waals surface area contributed by atoms with Gasteiger partial charge < -0.3 is 0 Å². The summed E-state index contributed by atoms with van der Waals surface area (Å²) in [5.74, 6) is -0.348. The van der Waals surface area contributed by atoms with Gasteiger partial charge in [0.2, 0.25) is 0 Å². The zero-order valence-corrected chi connectivity index (χ0v) is 16.3. The second-order valence-electron chi connectivity index (χ2n) is 6.25. The maximum Gasteiger partial charge on any atom is 0.417 e. The Balaban J connectivity index is 1.99. The molecule has 0 amide bonds. The number of alkyl halides is 3. The Bertz CT molecular complexity index is 1020. The molecule has 0 aliphatic rings. The molecule has 0 saturated heterocycles. The number of hydrogen-bond acceptors (Lipinski definition) is 2. The highest BCUT2D eigenvalue weighted by Gasteiger charge is 2.33. The number of halogens is 4. The average molecular weight is 415 g/mol. The Kier molecular flexibility index (Phi) is 6.54. The van der Waals surface area contributed by atoms with Crippen LogP contribution in [-0.2, 0) is 6.18 Å². The van der Waals surface area contributed by atoms with Crippen LogP contribution < -0.4 is 0 Å². The largest absolute Gasteiger partial charge is 0.417 e. The SMILES string of the molecule is Cc1ccc(N=C(/C=C/Sc2ccc(F)cc2)c2ccccc2C(F)(F)F)cc1. The van der Waals surface area contributed by atoms with Gasteiger partial charge in [-0.1, -0.05) is 47.7 Å². The fourth-order valence-electron chi connectivity index (χ4n) is 2.59. The number of nitrogens with zero attached hydrogens (tertiary/aromatic N) is 1. The maximum absolute atomic E-state index is 13.5. The third-order valence-electron chi connectivity index (χ3n) is 4.04. The molecule has 3 aromatic carbocycles. The van der Waals surface area contributed by atoms with Gasteiger partial charge in [-0.15, -0.1) is 0 Å². The first-order chi connectivity index (χ1) is 13.8. The van der Waals surface area contributed by atoms with Crippen molar-refractivity contribution >= 4 is 23.2 Å². The molecule has 29 heavy (non-hydrogen) atoms. The van der Waals surface area contributed by atoms with E-state index in [4.69, 9.17) is 0 Å². The molecule has 0 unspecified atom stereocenters. The number of allylic oxidation sites excluding steroid dienone is 1. The van der Waals surface area contributed by atoms with Gasteiger partial charge in [0.15, 0.2) is 0 Å². The Labute approximate surface area is 170 Å². The predicted octanol–water partition coefficient (Wildman–Crippen LogP) is 7.58. The molecular weight excluding hydrogens is 398 g/mol. The van der Waals surface area contributed by atoms with Crippen molar-refractivity contribution in [2.24, 2.45) is 4.99 Å². The summed E-state index contributed by atoms with van der Waals surface area (Å²) in [6, 6.07) is 18.4. The van der Waals surface area contributed by atoms with E-state index in [1.807, 2.05) is 19.1 Å². The van der Waals surface area contributed by atoms with E-state index in [-0.39, 0.29) is 17.1 Å². The van der Waals surface area contributed by atoms with Crippen LogP contribution in [0.3, 0.4) is 0 Å². The lowest BCUT2D eigenvalue weighted by Crippen LogP contribution is -2.12. The molecule has 0 aliphatic carbocycles. The molecule has 3 rings (SSSR count). The minimum Gasteiger partial charge on any atom is -0.248 e. The van der Waals surface area contributed by atoms with Gasteiger partial charge in [0.25, 0.3) is 0 Å². The summed E-state index contributed by atoms with van der Waals surface area (Å²) in [6.45, 7) is 1.92. The third kappa shape index (κ3) is 5.81. The highest BCUT2D eigenvalue weighted by atomic mass is 32.2. The lowest BCUT2D eigenvalue weighted by atomic mass is 10.0. The number of rotatable bonds is 5. The topological polar surface area (TPSA) is 12.4 Å². The van der Waals surface area contributed by atoms with Gasteiger partial charge in [0.05, 0.1) is 17.0 Å². The fraction of sp³-hybridized carbons (Fsp3) is 0.0870. The van der Waals surface area contributed by atoms with E-state index >= 15 is 0 Å². The van der Waals surface area contributed by atoms with Crippen LogP contribution in [0.4, 0.5) is 23.2 Å². The molecular formula is C23H17F4NS. The molecule has 148 valence electrons. The van der Waals surface area contributed by atoms with E-state index in [1.165, 1.54) is 36.0 Å². The highest BCUT2D eigenvalue weighted by molar-refractivity contribution is 8.02. The van der Waals surface area contributed by atoms with Gasteiger partial charge in [-0.3, -0.25) is 0 Å². The first-order valence-corrected chi connectivity index (χ1v) is 9.61. The Hall–Kier alpha value is -2.86.